The van der Waals surface area contributed by atoms with E-state index >= 15 is 0 Å². The molecular weight excluding hydrogens is 578 g/mol. The molecule has 0 saturated carbocycles. The molecule has 44 heavy (non-hydrogen) atoms. The predicted octanol–water partition coefficient (Wildman–Crippen LogP) is 6.40. The van der Waals surface area contributed by atoms with Crippen molar-refractivity contribution in [1.82, 2.24) is 15.0 Å². The van der Waals surface area contributed by atoms with Crippen LogP contribution in [0.4, 0.5) is 20.2 Å². The van der Waals surface area contributed by atoms with E-state index in [-0.39, 0.29) is 52.5 Å². The van der Waals surface area contributed by atoms with E-state index in [1.807, 2.05) is 0 Å². The first-order valence-corrected chi connectivity index (χ1v) is 13.0. The van der Waals surface area contributed by atoms with Crippen LogP contribution in [-0.2, 0) is 4.74 Å². The van der Waals surface area contributed by atoms with E-state index in [9.17, 15) is 23.5 Å². The summed E-state index contributed by atoms with van der Waals surface area (Å²) in [5, 5.41) is 13.3. The Morgan fingerprint density at radius 1 is 0.909 bits per heavy atom. The van der Waals surface area contributed by atoms with Crippen molar-refractivity contribution >= 4 is 34.2 Å². The first-order chi connectivity index (χ1) is 21.2. The number of carboxylic acids is 1. The van der Waals surface area contributed by atoms with E-state index in [4.69, 9.17) is 18.9 Å². The van der Waals surface area contributed by atoms with Gasteiger partial charge in [0.25, 0.3) is 0 Å². The molecule has 5 aromatic rings. The van der Waals surface area contributed by atoms with Crippen molar-refractivity contribution in [2.24, 2.45) is 0 Å². The molecule has 0 fully saturated rings. The fraction of sp³-hybridized carbons (Fsp3) is 0.129. The molecule has 0 radical (unpaired) electrons. The van der Waals surface area contributed by atoms with E-state index in [1.165, 1.54) is 38.6 Å². The molecule has 0 atom stereocenters. The summed E-state index contributed by atoms with van der Waals surface area (Å²) in [6, 6.07) is 11.9. The number of pyridine rings is 1. The second-order valence-electron chi connectivity index (χ2n) is 9.16. The monoisotopic (exact) mass is 602 g/mol. The van der Waals surface area contributed by atoms with Gasteiger partial charge in [-0.2, -0.15) is 4.98 Å². The topological polar surface area (TPSA) is 142 Å². The maximum atomic E-state index is 13.8. The number of carboxylic acid groups (broad SMARTS) is 1. The van der Waals surface area contributed by atoms with Gasteiger partial charge in [0, 0.05) is 47.7 Å². The second kappa shape index (κ2) is 12.6. The second-order valence-corrected chi connectivity index (χ2v) is 9.16. The molecule has 0 aliphatic rings. The number of aromatic carboxylic acids is 1. The number of hydrogen-bond donors (Lipinski definition) is 2. The predicted molar refractivity (Wildman–Crippen MR) is 155 cm³/mol. The Morgan fingerprint density at radius 3 is 2.34 bits per heavy atom. The third kappa shape index (κ3) is 6.31. The molecule has 2 aromatic heterocycles. The van der Waals surface area contributed by atoms with Gasteiger partial charge < -0.3 is 29.4 Å². The Morgan fingerprint density at radius 2 is 1.66 bits per heavy atom. The fourth-order valence-corrected chi connectivity index (χ4v) is 4.38. The lowest BCUT2D eigenvalue weighted by atomic mass is 10.0. The third-order valence-corrected chi connectivity index (χ3v) is 6.28. The lowest BCUT2D eigenvalue weighted by Gasteiger charge is -2.16. The van der Waals surface area contributed by atoms with Crippen LogP contribution in [0.3, 0.4) is 0 Å². The van der Waals surface area contributed by atoms with Crippen LogP contribution in [0.2, 0.25) is 0 Å². The number of ether oxygens (including phenoxy) is 4. The summed E-state index contributed by atoms with van der Waals surface area (Å²) in [7, 11) is 2.90. The molecular formula is C31H24F2N4O7. The number of fused-ring (bicyclic) bond motifs is 1. The molecule has 3 aromatic carbocycles. The van der Waals surface area contributed by atoms with Crippen molar-refractivity contribution in [1.29, 1.82) is 0 Å². The van der Waals surface area contributed by atoms with Crippen LogP contribution in [0.1, 0.15) is 27.6 Å². The first-order valence-electron chi connectivity index (χ1n) is 13.0. The van der Waals surface area contributed by atoms with Crippen LogP contribution in [0.5, 0.6) is 23.4 Å². The van der Waals surface area contributed by atoms with E-state index in [0.29, 0.717) is 28.1 Å². The zero-order chi connectivity index (χ0) is 31.4. The summed E-state index contributed by atoms with van der Waals surface area (Å²) in [5.74, 6) is -3.62. The molecule has 11 nitrogen and oxygen atoms in total. The zero-order valence-corrected chi connectivity index (χ0v) is 23.6. The Balaban J connectivity index is 1.61. The molecule has 0 saturated heterocycles. The number of carbonyl (C=O) groups is 2. The Labute approximate surface area is 249 Å². The summed E-state index contributed by atoms with van der Waals surface area (Å²) < 4.78 is 48.8. The molecule has 2 N–H and O–H groups in total. The standard InChI is InChI=1S/C31H24F2N4O7/c1-4-43-30(40)25-15-34-26-9-16(24-14-35-31(42-3)37-28(24)41-2)5-6-23(26)27(25)36-20-7-17(29(38)39)8-21(13-20)44-22-11-18(32)10-19(33)12-22/h5-15H,4H2,1-3H3,(H,34,36)(H,38,39). The summed E-state index contributed by atoms with van der Waals surface area (Å²) in [6.45, 7) is 1.76. The van der Waals surface area contributed by atoms with Gasteiger partial charge in [0.2, 0.25) is 5.88 Å². The van der Waals surface area contributed by atoms with Crippen LogP contribution >= 0.6 is 0 Å². The van der Waals surface area contributed by atoms with Crippen molar-refractivity contribution in [3.8, 4) is 34.5 Å². The molecule has 13 heteroatoms. The van der Waals surface area contributed by atoms with Gasteiger partial charge in [-0.05, 0) is 30.7 Å². The number of anilines is 2. The van der Waals surface area contributed by atoms with Crippen molar-refractivity contribution < 1.29 is 42.4 Å². The van der Waals surface area contributed by atoms with Gasteiger partial charge in [0.05, 0.1) is 43.2 Å². The smallest absolute Gasteiger partial charge is 0.341 e. The van der Waals surface area contributed by atoms with Gasteiger partial charge in [0.15, 0.2) is 0 Å². The number of nitrogens with zero attached hydrogens (tertiary/aromatic N) is 3. The number of methoxy groups -OCH3 is 2. The van der Waals surface area contributed by atoms with E-state index in [0.717, 1.165) is 12.1 Å². The highest BCUT2D eigenvalue weighted by molar-refractivity contribution is 6.07. The minimum Gasteiger partial charge on any atom is -0.480 e. The average Bonchev–Trinajstić information content (AvgIpc) is 3.00. The van der Waals surface area contributed by atoms with E-state index in [2.05, 4.69) is 20.3 Å². The van der Waals surface area contributed by atoms with Gasteiger partial charge in [0.1, 0.15) is 28.7 Å². The molecule has 5 rings (SSSR count). The first kappa shape index (κ1) is 29.6. The van der Waals surface area contributed by atoms with Crippen LogP contribution in [0.25, 0.3) is 22.0 Å². The van der Waals surface area contributed by atoms with Crippen LogP contribution < -0.4 is 19.5 Å². The van der Waals surface area contributed by atoms with Gasteiger partial charge in [-0.15, -0.1) is 0 Å². The highest BCUT2D eigenvalue weighted by Crippen LogP contribution is 2.36. The van der Waals surface area contributed by atoms with Crippen molar-refractivity contribution in [3.05, 3.63) is 89.8 Å². The summed E-state index contributed by atoms with van der Waals surface area (Å²) in [4.78, 5) is 37.7. The Kier molecular flexibility index (Phi) is 8.47. The van der Waals surface area contributed by atoms with Gasteiger partial charge in [-0.1, -0.05) is 12.1 Å². The van der Waals surface area contributed by atoms with Gasteiger partial charge in [-0.25, -0.2) is 23.4 Å². The molecule has 0 bridgehead atoms. The maximum absolute atomic E-state index is 13.8. The lowest BCUT2D eigenvalue weighted by Crippen LogP contribution is -2.10. The SMILES string of the molecule is CCOC(=O)c1cnc2cc(-c3cnc(OC)nc3OC)ccc2c1Nc1cc(Oc2cc(F)cc(F)c2)cc(C(=O)O)c1. The maximum Gasteiger partial charge on any atom is 0.341 e. The number of hydrogen-bond acceptors (Lipinski definition) is 10. The highest BCUT2D eigenvalue weighted by Gasteiger charge is 2.20. The number of halogens is 2. The summed E-state index contributed by atoms with van der Waals surface area (Å²) >= 11 is 0. The molecule has 0 aliphatic heterocycles. The number of rotatable bonds is 10. The summed E-state index contributed by atoms with van der Waals surface area (Å²) in [6.07, 6.45) is 2.88. The normalized spacial score (nSPS) is 10.8. The minimum absolute atomic E-state index is 0.0256. The molecule has 0 unspecified atom stereocenters. The minimum atomic E-state index is -1.28. The van der Waals surface area contributed by atoms with Crippen molar-refractivity contribution in [2.45, 2.75) is 6.92 Å². The van der Waals surface area contributed by atoms with Crippen molar-refractivity contribution in [3.63, 3.8) is 0 Å². The van der Waals surface area contributed by atoms with Crippen LogP contribution in [-0.4, -0.2) is 52.8 Å². The number of carbonyl (C=O) groups excluding carboxylic acids is 1. The number of nitrogens with one attached hydrogen (secondary N) is 1. The highest BCUT2D eigenvalue weighted by atomic mass is 19.1. The molecule has 0 aliphatic carbocycles. The van der Waals surface area contributed by atoms with Gasteiger partial charge >= 0.3 is 17.9 Å². The zero-order valence-electron chi connectivity index (χ0n) is 23.6. The molecule has 0 amide bonds. The number of benzene rings is 3. The largest absolute Gasteiger partial charge is 0.480 e. The fourth-order valence-electron chi connectivity index (χ4n) is 4.38. The Bertz CT molecular complexity index is 1880. The number of esters is 1. The molecule has 2 heterocycles. The molecule has 224 valence electrons. The molecule has 0 spiro atoms. The van der Waals surface area contributed by atoms with Crippen molar-refractivity contribution in [2.75, 3.05) is 26.1 Å². The number of aromatic nitrogens is 3. The Hall–Kier alpha value is -5.85. The van der Waals surface area contributed by atoms with Crippen LogP contribution in [0.15, 0.2) is 67.0 Å². The quantitative estimate of drug-likeness (QED) is 0.172. The average molecular weight is 603 g/mol. The third-order valence-electron chi connectivity index (χ3n) is 6.28. The van der Waals surface area contributed by atoms with E-state index < -0.39 is 23.6 Å². The lowest BCUT2D eigenvalue weighted by molar-refractivity contribution is 0.0526. The summed E-state index contributed by atoms with van der Waals surface area (Å²) in [5.41, 5.74) is 2.03. The van der Waals surface area contributed by atoms with Gasteiger partial charge in [-0.3, -0.25) is 4.98 Å². The van der Waals surface area contributed by atoms with E-state index in [1.54, 1.807) is 31.3 Å². The van der Waals surface area contributed by atoms with Crippen LogP contribution in [0, 0.1) is 11.6 Å².